The lowest BCUT2D eigenvalue weighted by Crippen LogP contribution is -2.41. The van der Waals surface area contributed by atoms with E-state index in [0.29, 0.717) is 0 Å². The van der Waals surface area contributed by atoms with E-state index in [1.165, 1.54) is 14.2 Å². The van der Waals surface area contributed by atoms with Gasteiger partial charge in [-0.25, -0.2) is 0 Å². The first-order valence-electron chi connectivity index (χ1n) is 8.19. The summed E-state index contributed by atoms with van der Waals surface area (Å²) >= 11 is 0. The van der Waals surface area contributed by atoms with E-state index in [2.05, 4.69) is 5.32 Å². The molecule has 138 valence electrons. The van der Waals surface area contributed by atoms with Crippen molar-refractivity contribution in [2.24, 2.45) is 0 Å². The van der Waals surface area contributed by atoms with Gasteiger partial charge in [-0.2, -0.15) is 0 Å². The van der Waals surface area contributed by atoms with E-state index >= 15 is 0 Å². The molecular formula is C20H23NO5. The lowest BCUT2D eigenvalue weighted by Gasteiger charge is -2.23. The number of benzene rings is 2. The Kier molecular flexibility index (Phi) is 5.65. The summed E-state index contributed by atoms with van der Waals surface area (Å²) in [5.41, 5.74) is 0.00929. The standard InChI is InChI=1S/C20H23NO5/c1-20(2,3)21-17(22)15-11-13-9-7-6-8-12(13)10-14(15)16(18(23)25-4)19(24)26-5/h6-11,16H,1-5H3,(H,21,22). The molecule has 1 amide bonds. The van der Waals surface area contributed by atoms with Gasteiger partial charge in [0.15, 0.2) is 5.92 Å². The van der Waals surface area contributed by atoms with Gasteiger partial charge in [-0.05, 0) is 49.2 Å². The molecule has 2 aromatic carbocycles. The highest BCUT2D eigenvalue weighted by Crippen LogP contribution is 2.28. The molecule has 26 heavy (non-hydrogen) atoms. The van der Waals surface area contributed by atoms with Gasteiger partial charge in [0.05, 0.1) is 14.2 Å². The topological polar surface area (TPSA) is 81.7 Å². The first kappa shape index (κ1) is 19.4. The Morgan fingerprint density at radius 2 is 1.42 bits per heavy atom. The molecular weight excluding hydrogens is 334 g/mol. The Morgan fingerprint density at radius 1 is 0.923 bits per heavy atom. The fourth-order valence-corrected chi connectivity index (χ4v) is 2.69. The number of amides is 1. The van der Waals surface area contributed by atoms with Crippen LogP contribution in [0.4, 0.5) is 0 Å². The number of esters is 2. The van der Waals surface area contributed by atoms with Crippen molar-refractivity contribution < 1.29 is 23.9 Å². The third kappa shape index (κ3) is 4.20. The van der Waals surface area contributed by atoms with E-state index in [0.717, 1.165) is 10.8 Å². The van der Waals surface area contributed by atoms with E-state index in [4.69, 9.17) is 9.47 Å². The van der Waals surface area contributed by atoms with Gasteiger partial charge in [0.2, 0.25) is 0 Å². The van der Waals surface area contributed by atoms with Crippen LogP contribution in [0.3, 0.4) is 0 Å². The van der Waals surface area contributed by atoms with Crippen LogP contribution in [-0.2, 0) is 19.1 Å². The molecule has 0 fully saturated rings. The van der Waals surface area contributed by atoms with Crippen molar-refractivity contribution >= 4 is 28.6 Å². The zero-order valence-electron chi connectivity index (χ0n) is 15.6. The van der Waals surface area contributed by atoms with Gasteiger partial charge in [0.25, 0.3) is 5.91 Å². The van der Waals surface area contributed by atoms with E-state index in [1.807, 2.05) is 45.0 Å². The summed E-state index contributed by atoms with van der Waals surface area (Å²) in [7, 11) is 2.38. The maximum Gasteiger partial charge on any atom is 0.324 e. The minimum atomic E-state index is -1.34. The van der Waals surface area contributed by atoms with Crippen molar-refractivity contribution in [3.05, 3.63) is 47.5 Å². The van der Waals surface area contributed by atoms with Crippen LogP contribution in [0.2, 0.25) is 0 Å². The number of hydrogen-bond acceptors (Lipinski definition) is 5. The largest absolute Gasteiger partial charge is 0.468 e. The molecule has 6 heteroatoms. The first-order valence-corrected chi connectivity index (χ1v) is 8.19. The zero-order valence-corrected chi connectivity index (χ0v) is 15.6. The van der Waals surface area contributed by atoms with Crippen molar-refractivity contribution in [1.82, 2.24) is 5.32 Å². The maximum absolute atomic E-state index is 12.8. The molecule has 0 aliphatic heterocycles. The first-order chi connectivity index (χ1) is 12.2. The third-order valence-electron chi connectivity index (χ3n) is 3.84. The molecule has 2 rings (SSSR count). The van der Waals surface area contributed by atoms with E-state index in [9.17, 15) is 14.4 Å². The van der Waals surface area contributed by atoms with Crippen molar-refractivity contribution in [2.75, 3.05) is 14.2 Å². The van der Waals surface area contributed by atoms with Crippen LogP contribution in [0.25, 0.3) is 10.8 Å². The molecule has 0 radical (unpaired) electrons. The van der Waals surface area contributed by atoms with Crippen molar-refractivity contribution in [3.8, 4) is 0 Å². The second kappa shape index (κ2) is 7.56. The minimum absolute atomic E-state index is 0.236. The molecule has 0 unspecified atom stereocenters. The van der Waals surface area contributed by atoms with Crippen molar-refractivity contribution in [1.29, 1.82) is 0 Å². The summed E-state index contributed by atoms with van der Waals surface area (Å²) in [6, 6.07) is 10.7. The highest BCUT2D eigenvalue weighted by atomic mass is 16.5. The number of nitrogens with one attached hydrogen (secondary N) is 1. The normalized spacial score (nSPS) is 11.3. The molecule has 0 aliphatic rings. The van der Waals surface area contributed by atoms with Gasteiger partial charge in [0, 0.05) is 11.1 Å². The number of carbonyl (C=O) groups is 3. The summed E-state index contributed by atoms with van der Waals surface area (Å²) in [5, 5.41) is 4.49. The molecule has 0 heterocycles. The number of hydrogen-bond donors (Lipinski definition) is 1. The molecule has 0 aliphatic carbocycles. The molecule has 0 saturated carbocycles. The third-order valence-corrected chi connectivity index (χ3v) is 3.84. The summed E-state index contributed by atoms with van der Waals surface area (Å²) < 4.78 is 9.53. The van der Waals surface area contributed by atoms with Gasteiger partial charge < -0.3 is 14.8 Å². The summed E-state index contributed by atoms with van der Waals surface area (Å²) in [6.07, 6.45) is 0. The SMILES string of the molecule is COC(=O)C(C(=O)OC)c1cc2ccccc2cc1C(=O)NC(C)(C)C. The molecule has 0 saturated heterocycles. The zero-order chi connectivity index (χ0) is 19.5. The maximum atomic E-state index is 12.8. The van der Waals surface area contributed by atoms with Gasteiger partial charge in [0.1, 0.15) is 0 Å². The number of carbonyl (C=O) groups excluding carboxylic acids is 3. The quantitative estimate of drug-likeness (QED) is 0.672. The molecule has 1 N–H and O–H groups in total. The number of fused-ring (bicyclic) bond motifs is 1. The van der Waals surface area contributed by atoms with Crippen molar-refractivity contribution in [3.63, 3.8) is 0 Å². The van der Waals surface area contributed by atoms with Crippen molar-refractivity contribution in [2.45, 2.75) is 32.2 Å². The molecule has 0 bridgehead atoms. The lowest BCUT2D eigenvalue weighted by atomic mass is 9.90. The summed E-state index contributed by atoms with van der Waals surface area (Å²) in [5.74, 6) is -3.28. The van der Waals surface area contributed by atoms with Crippen LogP contribution >= 0.6 is 0 Å². The Balaban J connectivity index is 2.71. The highest BCUT2D eigenvalue weighted by molar-refractivity contribution is 6.07. The van der Waals surface area contributed by atoms with Gasteiger partial charge >= 0.3 is 11.9 Å². The fraction of sp³-hybridized carbons (Fsp3) is 0.350. The van der Waals surface area contributed by atoms with Crippen LogP contribution in [-0.4, -0.2) is 37.6 Å². The molecule has 0 atom stereocenters. The van der Waals surface area contributed by atoms with E-state index < -0.39 is 23.4 Å². The smallest absolute Gasteiger partial charge is 0.324 e. The van der Waals surface area contributed by atoms with Gasteiger partial charge in [-0.15, -0.1) is 0 Å². The molecule has 0 aromatic heterocycles. The molecule has 2 aromatic rings. The van der Waals surface area contributed by atoms with E-state index in [-0.39, 0.29) is 17.0 Å². The average Bonchev–Trinajstić information content (AvgIpc) is 2.59. The highest BCUT2D eigenvalue weighted by Gasteiger charge is 2.34. The summed E-state index contributed by atoms with van der Waals surface area (Å²) in [4.78, 5) is 37.3. The Labute approximate surface area is 152 Å². The number of ether oxygens (including phenoxy) is 2. The number of rotatable bonds is 4. The Morgan fingerprint density at radius 3 is 1.88 bits per heavy atom. The number of methoxy groups -OCH3 is 2. The summed E-state index contributed by atoms with van der Waals surface area (Å²) in [6.45, 7) is 5.55. The van der Waals surface area contributed by atoms with Gasteiger partial charge in [-0.1, -0.05) is 24.3 Å². The van der Waals surface area contributed by atoms with Crippen LogP contribution in [0.5, 0.6) is 0 Å². The van der Waals surface area contributed by atoms with E-state index in [1.54, 1.807) is 12.1 Å². The average molecular weight is 357 g/mol. The van der Waals surface area contributed by atoms with Gasteiger partial charge in [-0.3, -0.25) is 14.4 Å². The molecule has 6 nitrogen and oxygen atoms in total. The Hall–Kier alpha value is -2.89. The monoisotopic (exact) mass is 357 g/mol. The van der Waals surface area contributed by atoms with Crippen LogP contribution < -0.4 is 5.32 Å². The van der Waals surface area contributed by atoms with Crippen LogP contribution in [0.15, 0.2) is 36.4 Å². The van der Waals surface area contributed by atoms with Crippen LogP contribution in [0.1, 0.15) is 42.6 Å². The second-order valence-corrected chi connectivity index (χ2v) is 6.97. The minimum Gasteiger partial charge on any atom is -0.468 e. The second-order valence-electron chi connectivity index (χ2n) is 6.97. The lowest BCUT2D eigenvalue weighted by molar-refractivity contribution is -0.154. The fourth-order valence-electron chi connectivity index (χ4n) is 2.69. The molecule has 0 spiro atoms. The predicted octanol–water partition coefficient (Wildman–Crippen LogP) is 2.80. The predicted molar refractivity (Wildman–Crippen MR) is 97.9 cm³/mol. The Bertz CT molecular complexity index is 835. The van der Waals surface area contributed by atoms with Crippen LogP contribution in [0, 0.1) is 0 Å².